The van der Waals surface area contributed by atoms with Crippen LogP contribution in [0.25, 0.3) is 0 Å². The molecule has 0 radical (unpaired) electrons. The molecule has 0 atom stereocenters. The molecule has 88 valence electrons. The van der Waals surface area contributed by atoms with Gasteiger partial charge in [-0.2, -0.15) is 0 Å². The largest absolute Gasteiger partial charge is 0.270 e. The first kappa shape index (κ1) is 12.2. The minimum atomic E-state index is -2.71. The van der Waals surface area contributed by atoms with Crippen molar-refractivity contribution in [2.75, 3.05) is 0 Å². The fourth-order valence-electron chi connectivity index (χ4n) is 1.76. The summed E-state index contributed by atoms with van der Waals surface area (Å²) < 4.78 is 27.6. The Hall–Kier alpha value is -1.27. The minimum Gasteiger partial charge on any atom is -0.201 e. The van der Waals surface area contributed by atoms with Gasteiger partial charge in [0.1, 0.15) is 0 Å². The highest BCUT2D eigenvalue weighted by Gasteiger charge is 2.36. The maximum atomic E-state index is 13.8. The van der Waals surface area contributed by atoms with E-state index in [-0.39, 0.29) is 0 Å². The van der Waals surface area contributed by atoms with Crippen LogP contribution in [-0.4, -0.2) is 5.66 Å². The number of hydrogen-bond acceptors (Lipinski definition) is 0. The van der Waals surface area contributed by atoms with Crippen molar-refractivity contribution in [2.45, 2.75) is 12.6 Å². The van der Waals surface area contributed by atoms with Crippen molar-refractivity contribution in [1.82, 2.24) is 0 Å². The topological polar surface area (TPSA) is 0 Å². The van der Waals surface area contributed by atoms with E-state index in [1.54, 1.807) is 48.5 Å². The molecule has 0 aliphatic rings. The second kappa shape index (κ2) is 4.93. The second-order valence-corrected chi connectivity index (χ2v) is 6.34. The van der Waals surface area contributed by atoms with Gasteiger partial charge in [0.25, 0.3) is 5.66 Å². The fourth-order valence-corrected chi connectivity index (χ4v) is 3.90. The Balaban J connectivity index is 2.48. The molecule has 0 aliphatic carbocycles. The molecule has 0 aromatic heterocycles. The molecule has 0 amide bonds. The molecule has 0 aliphatic heterocycles. The molecule has 0 heterocycles. The molecule has 0 bridgehead atoms. The highest BCUT2D eigenvalue weighted by Crippen LogP contribution is 2.49. The summed E-state index contributed by atoms with van der Waals surface area (Å²) in [5.74, 6) is 0. The van der Waals surface area contributed by atoms with Gasteiger partial charge in [-0.3, -0.25) is 0 Å². The van der Waals surface area contributed by atoms with Crippen LogP contribution in [0.1, 0.15) is 6.92 Å². The molecule has 2 aromatic carbocycles. The van der Waals surface area contributed by atoms with Crippen LogP contribution in [0.15, 0.2) is 60.7 Å². The maximum absolute atomic E-state index is 13.8. The van der Waals surface area contributed by atoms with Gasteiger partial charge >= 0.3 is 0 Å². The van der Waals surface area contributed by atoms with E-state index in [0.717, 1.165) is 6.92 Å². The summed E-state index contributed by atoms with van der Waals surface area (Å²) in [6, 6.07) is 18.0. The summed E-state index contributed by atoms with van der Waals surface area (Å²) in [4.78, 5) is 0. The van der Waals surface area contributed by atoms with Crippen LogP contribution in [0.5, 0.6) is 0 Å². The number of rotatable bonds is 3. The summed E-state index contributed by atoms with van der Waals surface area (Å²) in [5.41, 5.74) is -2.71. The van der Waals surface area contributed by atoms with E-state index in [9.17, 15) is 8.78 Å². The van der Waals surface area contributed by atoms with E-state index in [4.69, 9.17) is 0 Å². The third-order valence-electron chi connectivity index (χ3n) is 2.42. The van der Waals surface area contributed by atoms with E-state index in [0.29, 0.717) is 10.6 Å². The van der Waals surface area contributed by atoms with E-state index in [1.165, 1.54) is 0 Å². The van der Waals surface area contributed by atoms with Crippen LogP contribution in [0.3, 0.4) is 0 Å². The van der Waals surface area contributed by atoms with Gasteiger partial charge in [0.2, 0.25) is 0 Å². The van der Waals surface area contributed by atoms with Gasteiger partial charge < -0.3 is 0 Å². The van der Waals surface area contributed by atoms with Crippen molar-refractivity contribution in [3.05, 3.63) is 60.7 Å². The van der Waals surface area contributed by atoms with E-state index < -0.39 is 13.6 Å². The first-order chi connectivity index (χ1) is 8.09. The molecular formula is C14H13F2P. The molecule has 0 saturated carbocycles. The quantitative estimate of drug-likeness (QED) is 0.728. The maximum Gasteiger partial charge on any atom is 0.270 e. The monoisotopic (exact) mass is 250 g/mol. The number of hydrogen-bond donors (Lipinski definition) is 0. The summed E-state index contributed by atoms with van der Waals surface area (Å²) in [6.45, 7) is 0.999. The molecular weight excluding hydrogens is 237 g/mol. The van der Waals surface area contributed by atoms with Gasteiger partial charge in [-0.25, -0.2) is 8.78 Å². The van der Waals surface area contributed by atoms with Crippen LogP contribution in [0.4, 0.5) is 8.78 Å². The fraction of sp³-hybridized carbons (Fsp3) is 0.143. The van der Waals surface area contributed by atoms with Gasteiger partial charge in [0, 0.05) is 14.8 Å². The zero-order valence-corrected chi connectivity index (χ0v) is 10.4. The second-order valence-electron chi connectivity index (χ2n) is 3.85. The van der Waals surface area contributed by atoms with Crippen LogP contribution >= 0.6 is 7.92 Å². The van der Waals surface area contributed by atoms with Crippen molar-refractivity contribution >= 4 is 18.5 Å². The standard InChI is InChI=1S/C14H13F2P/c1-14(15,16)17(12-8-4-2-5-9-12)13-10-6-3-7-11-13/h2-11H,1H3. The number of halogens is 2. The Morgan fingerprint density at radius 3 is 1.41 bits per heavy atom. The Morgan fingerprint density at radius 1 is 0.765 bits per heavy atom. The lowest BCUT2D eigenvalue weighted by molar-refractivity contribution is 0.123. The average Bonchev–Trinajstić information content (AvgIpc) is 2.30. The van der Waals surface area contributed by atoms with Gasteiger partial charge in [-0.05, 0) is 10.6 Å². The Morgan fingerprint density at radius 2 is 1.12 bits per heavy atom. The van der Waals surface area contributed by atoms with Crippen LogP contribution in [-0.2, 0) is 0 Å². The van der Waals surface area contributed by atoms with Gasteiger partial charge in [0.15, 0.2) is 0 Å². The predicted molar refractivity (Wildman–Crippen MR) is 69.7 cm³/mol. The zero-order chi connectivity index (χ0) is 12.3. The molecule has 0 fully saturated rings. The molecule has 2 aromatic rings. The van der Waals surface area contributed by atoms with Crippen LogP contribution in [0, 0.1) is 0 Å². The lowest BCUT2D eigenvalue weighted by Gasteiger charge is -2.24. The van der Waals surface area contributed by atoms with E-state index in [2.05, 4.69) is 0 Å². The number of benzene rings is 2. The van der Waals surface area contributed by atoms with Crippen molar-refractivity contribution in [1.29, 1.82) is 0 Å². The molecule has 0 unspecified atom stereocenters. The summed E-state index contributed by atoms with van der Waals surface area (Å²) in [6.07, 6.45) is 0. The molecule has 0 spiro atoms. The average molecular weight is 250 g/mol. The zero-order valence-electron chi connectivity index (χ0n) is 9.48. The van der Waals surface area contributed by atoms with Gasteiger partial charge in [-0.15, -0.1) is 0 Å². The Bertz CT molecular complexity index is 423. The van der Waals surface area contributed by atoms with Crippen molar-refractivity contribution < 1.29 is 8.78 Å². The molecule has 0 saturated heterocycles. The Labute approximate surface area is 101 Å². The lowest BCUT2D eigenvalue weighted by Crippen LogP contribution is -2.23. The van der Waals surface area contributed by atoms with Crippen molar-refractivity contribution in [2.24, 2.45) is 0 Å². The molecule has 0 nitrogen and oxygen atoms in total. The summed E-state index contributed by atoms with van der Waals surface area (Å²) in [7, 11) is -1.63. The van der Waals surface area contributed by atoms with Crippen LogP contribution < -0.4 is 10.6 Å². The van der Waals surface area contributed by atoms with Crippen molar-refractivity contribution in [3.8, 4) is 0 Å². The molecule has 2 rings (SSSR count). The molecule has 0 N–H and O–H groups in total. The van der Waals surface area contributed by atoms with Gasteiger partial charge in [0.05, 0.1) is 0 Å². The van der Waals surface area contributed by atoms with Gasteiger partial charge in [-0.1, -0.05) is 60.7 Å². The molecule has 3 heteroatoms. The minimum absolute atomic E-state index is 0.709. The van der Waals surface area contributed by atoms with E-state index >= 15 is 0 Å². The highest BCUT2D eigenvalue weighted by molar-refractivity contribution is 7.74. The SMILES string of the molecule is CC(F)(F)P(c1ccccc1)c1ccccc1. The van der Waals surface area contributed by atoms with Crippen LogP contribution in [0.2, 0.25) is 0 Å². The first-order valence-corrected chi connectivity index (χ1v) is 6.71. The van der Waals surface area contributed by atoms with E-state index in [1.807, 2.05) is 12.1 Å². The first-order valence-electron chi connectivity index (χ1n) is 5.37. The number of alkyl halides is 2. The van der Waals surface area contributed by atoms with Crippen molar-refractivity contribution in [3.63, 3.8) is 0 Å². The third-order valence-corrected chi connectivity index (χ3v) is 4.84. The summed E-state index contributed by atoms with van der Waals surface area (Å²) >= 11 is 0. The Kier molecular flexibility index (Phi) is 3.54. The normalized spacial score (nSPS) is 11.8. The predicted octanol–water partition coefficient (Wildman–Crippen LogP) is 3.73. The third kappa shape index (κ3) is 2.89. The smallest absolute Gasteiger partial charge is 0.201 e. The lowest BCUT2D eigenvalue weighted by atomic mass is 10.4. The summed E-state index contributed by atoms with van der Waals surface area (Å²) in [5, 5.41) is 1.42. The molecule has 17 heavy (non-hydrogen) atoms. The highest BCUT2D eigenvalue weighted by atomic mass is 31.1.